The van der Waals surface area contributed by atoms with Crippen LogP contribution >= 0.6 is 11.6 Å². The Morgan fingerprint density at radius 2 is 1.70 bits per heavy atom. The van der Waals surface area contributed by atoms with E-state index >= 15 is 0 Å². The second-order valence-corrected chi connectivity index (χ2v) is 12.1. The number of hydrogen-bond acceptors (Lipinski definition) is 9. The van der Waals surface area contributed by atoms with Gasteiger partial charge in [0.05, 0.1) is 19.3 Å². The van der Waals surface area contributed by atoms with Crippen molar-refractivity contribution in [3.8, 4) is 5.75 Å². The monoisotopic (exact) mass is 669 g/mol. The van der Waals surface area contributed by atoms with Crippen molar-refractivity contribution in [2.45, 2.75) is 74.8 Å². The van der Waals surface area contributed by atoms with Crippen LogP contribution < -0.4 is 10.5 Å². The molecule has 3 aromatic carbocycles. The number of allylic oxidation sites excluding steroid dienone is 1. The summed E-state index contributed by atoms with van der Waals surface area (Å²) in [7, 11) is 0. The maximum Gasteiger partial charge on any atom is 0.320 e. The third kappa shape index (κ3) is 10.9. The van der Waals surface area contributed by atoms with Gasteiger partial charge in [0, 0.05) is 5.02 Å². The van der Waals surface area contributed by atoms with E-state index in [1.807, 2.05) is 60.7 Å². The number of benzene rings is 3. The summed E-state index contributed by atoms with van der Waals surface area (Å²) >= 11 is 6.43. The first-order valence-electron chi connectivity index (χ1n) is 15.8. The molecular formula is C36H44ClNO9. The first kappa shape index (κ1) is 36.5. The maximum atomic E-state index is 10.4. The zero-order valence-electron chi connectivity index (χ0n) is 26.1. The van der Waals surface area contributed by atoms with E-state index in [9.17, 15) is 25.2 Å². The Labute approximate surface area is 280 Å². The van der Waals surface area contributed by atoms with E-state index in [2.05, 4.69) is 12.2 Å². The molecule has 1 unspecified atom stereocenters. The van der Waals surface area contributed by atoms with E-state index in [0.717, 1.165) is 35.3 Å². The van der Waals surface area contributed by atoms with E-state index in [4.69, 9.17) is 36.7 Å². The highest BCUT2D eigenvalue weighted by atomic mass is 35.5. The molecule has 1 fully saturated rings. The highest BCUT2D eigenvalue weighted by Gasteiger charge is 2.44. The molecule has 0 spiro atoms. The fraction of sp³-hybridized carbons (Fsp3) is 0.417. The molecule has 5 rings (SSSR count). The summed E-state index contributed by atoms with van der Waals surface area (Å²) in [4.78, 5) is 10.4. The lowest BCUT2D eigenvalue weighted by Gasteiger charge is -2.40. The third-order valence-electron chi connectivity index (χ3n) is 8.12. The molecule has 0 bridgehead atoms. The van der Waals surface area contributed by atoms with Crippen molar-refractivity contribution < 1.29 is 44.5 Å². The van der Waals surface area contributed by atoms with Crippen LogP contribution in [-0.2, 0) is 27.1 Å². The minimum atomic E-state index is -1.43. The number of carbonyl (C=O) groups is 1. The summed E-state index contributed by atoms with van der Waals surface area (Å²) in [6.45, 7) is 0.549. The van der Waals surface area contributed by atoms with Gasteiger partial charge in [-0.25, -0.2) is 0 Å². The third-order valence-corrected chi connectivity index (χ3v) is 8.49. The number of halogens is 1. The zero-order chi connectivity index (χ0) is 33.8. The average Bonchev–Trinajstić information content (AvgIpc) is 3.09. The second-order valence-electron chi connectivity index (χ2n) is 11.7. The molecular weight excluding hydrogens is 626 g/mol. The topological polar surface area (TPSA) is 172 Å². The lowest BCUT2D eigenvalue weighted by molar-refractivity contribution is -0.231. The Balaban J connectivity index is 0.000000351. The van der Waals surface area contributed by atoms with Gasteiger partial charge in [0.25, 0.3) is 0 Å². The van der Waals surface area contributed by atoms with Gasteiger partial charge in [-0.2, -0.15) is 0 Å². The molecule has 47 heavy (non-hydrogen) atoms. The minimum absolute atomic E-state index is 0.193. The standard InChI is InChI=1S/C27H33ClO7.C9H11NO2/c28-22-11-8-18(27-26(32)25(31)24(30)23(16-29)35-27)15-19(22)14-17-6-9-21(10-7-17)34-13-12-33-20-4-2-1-3-5-20;10-8(9(11)12)6-7-4-2-1-3-5-7/h2,4,6-11,15,20,23-27,29-32H,1,3,5,12-14,16H2;1-5,8H,6,10H2,(H,11,12)/t20?,23-,24-,25+,26-,27+;8-/m10/s1. The number of carboxylic acid groups (broad SMARTS) is 1. The Morgan fingerprint density at radius 3 is 2.36 bits per heavy atom. The number of carboxylic acids is 1. The molecule has 1 aliphatic heterocycles. The summed E-state index contributed by atoms with van der Waals surface area (Å²) in [6, 6.07) is 21.5. The Hall–Kier alpha value is -3.32. The number of rotatable bonds is 12. The van der Waals surface area contributed by atoms with Crippen molar-refractivity contribution >= 4 is 17.6 Å². The number of nitrogens with two attached hydrogens (primary N) is 1. The largest absolute Gasteiger partial charge is 0.491 e. The first-order valence-corrected chi connectivity index (χ1v) is 16.1. The Kier molecular flexibility index (Phi) is 14.2. The number of aliphatic carboxylic acids is 1. The van der Waals surface area contributed by atoms with Gasteiger partial charge in [-0.05, 0) is 72.6 Å². The summed E-state index contributed by atoms with van der Waals surface area (Å²) in [5.41, 5.74) is 8.75. The molecule has 10 nitrogen and oxygen atoms in total. The molecule has 254 valence electrons. The van der Waals surface area contributed by atoms with Gasteiger partial charge in [-0.1, -0.05) is 78.4 Å². The fourth-order valence-corrected chi connectivity index (χ4v) is 5.63. The van der Waals surface area contributed by atoms with Gasteiger partial charge in [0.1, 0.15) is 48.9 Å². The van der Waals surface area contributed by atoms with E-state index in [0.29, 0.717) is 36.6 Å². The minimum Gasteiger partial charge on any atom is -0.491 e. The van der Waals surface area contributed by atoms with Crippen LogP contribution in [0.5, 0.6) is 5.75 Å². The van der Waals surface area contributed by atoms with Crippen molar-refractivity contribution in [3.63, 3.8) is 0 Å². The Bertz CT molecular complexity index is 1420. The number of aliphatic hydroxyl groups excluding tert-OH is 4. The first-order chi connectivity index (χ1) is 22.7. The van der Waals surface area contributed by atoms with Crippen molar-refractivity contribution in [2.24, 2.45) is 5.73 Å². The lowest BCUT2D eigenvalue weighted by Crippen LogP contribution is -2.55. The molecule has 2 aliphatic rings. The van der Waals surface area contributed by atoms with Crippen LogP contribution in [0.1, 0.15) is 47.6 Å². The highest BCUT2D eigenvalue weighted by molar-refractivity contribution is 6.31. The van der Waals surface area contributed by atoms with Crippen LogP contribution in [0.25, 0.3) is 0 Å². The predicted octanol–water partition coefficient (Wildman–Crippen LogP) is 3.59. The van der Waals surface area contributed by atoms with Crippen LogP contribution in [0.3, 0.4) is 0 Å². The van der Waals surface area contributed by atoms with Crippen LogP contribution in [0.4, 0.5) is 0 Å². The van der Waals surface area contributed by atoms with Crippen LogP contribution in [-0.4, -0.2) is 87.9 Å². The highest BCUT2D eigenvalue weighted by Crippen LogP contribution is 2.34. The number of aliphatic hydroxyl groups is 4. The number of ether oxygens (including phenoxy) is 3. The molecule has 11 heteroatoms. The fourth-order valence-electron chi connectivity index (χ4n) is 5.44. The van der Waals surface area contributed by atoms with Crippen LogP contribution in [0, 0.1) is 0 Å². The molecule has 7 atom stereocenters. The van der Waals surface area contributed by atoms with Crippen molar-refractivity contribution in [2.75, 3.05) is 19.8 Å². The van der Waals surface area contributed by atoms with Gasteiger partial charge in [-0.3, -0.25) is 4.79 Å². The quantitative estimate of drug-likeness (QED) is 0.124. The second kappa shape index (κ2) is 18.3. The normalized spacial score (nSPS) is 24.6. The molecule has 0 radical (unpaired) electrons. The molecule has 0 aromatic heterocycles. The van der Waals surface area contributed by atoms with Gasteiger partial charge in [0.2, 0.25) is 0 Å². The van der Waals surface area contributed by atoms with E-state index in [-0.39, 0.29) is 6.10 Å². The van der Waals surface area contributed by atoms with Gasteiger partial charge in [-0.15, -0.1) is 0 Å². The van der Waals surface area contributed by atoms with Gasteiger partial charge in [0.15, 0.2) is 0 Å². The summed E-state index contributed by atoms with van der Waals surface area (Å²) in [5, 5.41) is 49.1. The van der Waals surface area contributed by atoms with E-state index < -0.39 is 49.1 Å². The summed E-state index contributed by atoms with van der Waals surface area (Å²) < 4.78 is 17.3. The van der Waals surface area contributed by atoms with Crippen LogP contribution in [0.2, 0.25) is 5.02 Å². The molecule has 3 aromatic rings. The van der Waals surface area contributed by atoms with Crippen molar-refractivity contribution in [1.82, 2.24) is 0 Å². The van der Waals surface area contributed by atoms with Gasteiger partial charge >= 0.3 is 5.97 Å². The van der Waals surface area contributed by atoms with Crippen molar-refractivity contribution in [1.29, 1.82) is 0 Å². The molecule has 0 saturated carbocycles. The maximum absolute atomic E-state index is 10.4. The summed E-state index contributed by atoms with van der Waals surface area (Å²) in [6.07, 6.45) is 2.74. The lowest BCUT2D eigenvalue weighted by atomic mass is 9.90. The SMILES string of the molecule is N[C@@H](Cc1ccccc1)C(=O)O.OC[C@H]1O[C@@H](c2ccc(Cl)c(Cc3ccc(OCCOC4C=CCCC4)cc3)c2)[C@H](O)[C@@H](O)[C@@H]1O. The number of hydrogen-bond donors (Lipinski definition) is 6. The molecule has 1 saturated heterocycles. The Morgan fingerprint density at radius 1 is 0.957 bits per heavy atom. The van der Waals surface area contributed by atoms with Crippen LogP contribution in [0.15, 0.2) is 84.9 Å². The molecule has 0 amide bonds. The molecule has 7 N–H and O–H groups in total. The van der Waals surface area contributed by atoms with E-state index in [1.165, 1.54) is 6.42 Å². The smallest absolute Gasteiger partial charge is 0.320 e. The van der Waals surface area contributed by atoms with Crippen molar-refractivity contribution in [3.05, 3.63) is 112 Å². The molecule has 1 aliphatic carbocycles. The van der Waals surface area contributed by atoms with E-state index in [1.54, 1.807) is 12.1 Å². The molecule has 1 heterocycles. The van der Waals surface area contributed by atoms with Gasteiger partial charge < -0.3 is 45.5 Å². The predicted molar refractivity (Wildman–Crippen MR) is 177 cm³/mol. The summed E-state index contributed by atoms with van der Waals surface area (Å²) in [5.74, 6) is -0.198. The zero-order valence-corrected chi connectivity index (χ0v) is 26.9. The average molecular weight is 670 g/mol.